The number of carbonyl (C=O) groups excluding carboxylic acids is 2. The summed E-state index contributed by atoms with van der Waals surface area (Å²) in [5, 5.41) is 23.3. The molecule has 3 N–H and O–H groups in total. The van der Waals surface area contributed by atoms with Crippen LogP contribution in [0, 0.1) is 0 Å². The van der Waals surface area contributed by atoms with Gasteiger partial charge in [0.05, 0.1) is 25.4 Å². The molecule has 0 saturated heterocycles. The summed E-state index contributed by atoms with van der Waals surface area (Å²) in [4.78, 5) is 24.7. The van der Waals surface area contributed by atoms with E-state index in [0.29, 0.717) is 19.4 Å². The molecule has 0 radical (unpaired) electrons. The fourth-order valence-corrected chi connectivity index (χ4v) is 13.1. The molecule has 0 spiro atoms. The van der Waals surface area contributed by atoms with Crippen molar-refractivity contribution in [2.45, 2.75) is 475 Å². The third-order valence-corrected chi connectivity index (χ3v) is 19.4. The van der Waals surface area contributed by atoms with E-state index in [1.807, 2.05) is 6.08 Å². The average Bonchev–Trinajstić information content (AvgIpc) is 3.55. The zero-order chi connectivity index (χ0) is 64.9. The molecule has 6 heteroatoms. The van der Waals surface area contributed by atoms with E-state index in [2.05, 4.69) is 43.5 Å². The summed E-state index contributed by atoms with van der Waals surface area (Å²) in [6.07, 6.45) is 104. The van der Waals surface area contributed by atoms with Gasteiger partial charge in [-0.15, -0.1) is 0 Å². The summed E-state index contributed by atoms with van der Waals surface area (Å²) in [5.74, 6) is -0.0438. The van der Waals surface area contributed by atoms with Crippen LogP contribution in [0.4, 0.5) is 0 Å². The Morgan fingerprint density at radius 2 is 0.556 bits per heavy atom. The third-order valence-electron chi connectivity index (χ3n) is 19.4. The highest BCUT2D eigenvalue weighted by Gasteiger charge is 2.18. The molecule has 532 valence electrons. The van der Waals surface area contributed by atoms with E-state index in [1.54, 1.807) is 6.08 Å². The summed E-state index contributed by atoms with van der Waals surface area (Å²) < 4.78 is 5.52. The Morgan fingerprint density at radius 3 is 0.844 bits per heavy atom. The van der Waals surface area contributed by atoms with E-state index in [4.69, 9.17) is 4.74 Å². The van der Waals surface area contributed by atoms with Gasteiger partial charge in [-0.3, -0.25) is 9.59 Å². The van der Waals surface area contributed by atoms with Crippen LogP contribution >= 0.6 is 0 Å². The molecular weight excluding hydrogens is 1100 g/mol. The zero-order valence-electron chi connectivity index (χ0n) is 61.1. The van der Waals surface area contributed by atoms with Crippen LogP contribution < -0.4 is 5.32 Å². The molecule has 0 aliphatic heterocycles. The smallest absolute Gasteiger partial charge is 0.305 e. The molecule has 2 unspecified atom stereocenters. The van der Waals surface area contributed by atoms with Gasteiger partial charge >= 0.3 is 5.97 Å². The minimum absolute atomic E-state index is 0.0187. The van der Waals surface area contributed by atoms with Crippen molar-refractivity contribution < 1.29 is 24.5 Å². The minimum atomic E-state index is -0.846. The SMILES string of the molecule is CCCCCCCCCCCCCCCCCCCCCCC/C=C/C(O)C(CO)NC(=O)CCCCCCCCCCCCCCCCC/C=C\C/C=C\CCCCCCCCCCCOC(=O)CCCCCCCCCCCCCCCCCCCCC. The Morgan fingerprint density at radius 1 is 0.311 bits per heavy atom. The van der Waals surface area contributed by atoms with Gasteiger partial charge in [-0.05, 0) is 64.2 Å². The number of unbranched alkanes of at least 4 members (excludes halogenated alkanes) is 63. The molecule has 1 amide bonds. The first-order chi connectivity index (χ1) is 44.5. The maximum absolute atomic E-state index is 12.6. The lowest BCUT2D eigenvalue weighted by molar-refractivity contribution is -0.143. The maximum atomic E-state index is 12.6. The molecule has 0 aromatic rings. The van der Waals surface area contributed by atoms with Crippen molar-refractivity contribution >= 4 is 11.9 Å². The molecule has 0 bridgehead atoms. The van der Waals surface area contributed by atoms with Crippen molar-refractivity contribution in [3.8, 4) is 0 Å². The van der Waals surface area contributed by atoms with Gasteiger partial charge in [-0.1, -0.05) is 423 Å². The number of esters is 1. The normalized spacial score (nSPS) is 12.6. The third kappa shape index (κ3) is 75.1. The summed E-state index contributed by atoms with van der Waals surface area (Å²) in [5.41, 5.74) is 0. The van der Waals surface area contributed by atoms with E-state index >= 15 is 0 Å². The number of nitrogens with one attached hydrogen (secondary N) is 1. The lowest BCUT2D eigenvalue weighted by Gasteiger charge is -2.20. The van der Waals surface area contributed by atoms with Crippen molar-refractivity contribution in [2.75, 3.05) is 13.2 Å². The number of amides is 1. The predicted molar refractivity (Wildman–Crippen MR) is 398 cm³/mol. The number of hydrogen-bond acceptors (Lipinski definition) is 5. The van der Waals surface area contributed by atoms with Gasteiger partial charge in [0.1, 0.15) is 0 Å². The van der Waals surface area contributed by atoms with Crippen molar-refractivity contribution in [3.05, 3.63) is 36.5 Å². The van der Waals surface area contributed by atoms with Crippen LogP contribution in [0.25, 0.3) is 0 Å². The highest BCUT2D eigenvalue weighted by atomic mass is 16.5. The van der Waals surface area contributed by atoms with Crippen LogP contribution in [0.15, 0.2) is 36.5 Å². The van der Waals surface area contributed by atoms with E-state index in [9.17, 15) is 19.8 Å². The zero-order valence-corrected chi connectivity index (χ0v) is 61.1. The van der Waals surface area contributed by atoms with Gasteiger partial charge in [0.15, 0.2) is 0 Å². The van der Waals surface area contributed by atoms with Gasteiger partial charge in [-0.2, -0.15) is 0 Å². The molecule has 0 aromatic heterocycles. The molecule has 0 saturated carbocycles. The van der Waals surface area contributed by atoms with E-state index in [-0.39, 0.29) is 18.5 Å². The standard InChI is InChI=1S/C84H161NO5/c1-3-5-7-9-11-13-15-17-19-21-23-24-34-37-41-44-48-52-56-60-64-68-72-76-82(87)81(80-86)85-83(88)77-73-69-65-61-57-53-49-45-42-38-35-32-30-28-26-25-27-29-31-33-36-39-43-47-51-55-59-63-67-71-75-79-90-84(89)78-74-70-66-62-58-54-50-46-40-22-20-18-16-14-12-10-8-6-4-2/h27,29,33,36,72,76,81-82,86-87H,3-26,28,30-32,34-35,37-71,73-75,77-80H2,1-2H3,(H,85,88)/b29-27-,36-33-,76-72+. The molecule has 2 atom stereocenters. The highest BCUT2D eigenvalue weighted by Crippen LogP contribution is 2.20. The molecule has 90 heavy (non-hydrogen) atoms. The van der Waals surface area contributed by atoms with Gasteiger partial charge in [0.2, 0.25) is 5.91 Å². The summed E-state index contributed by atoms with van der Waals surface area (Å²) >= 11 is 0. The van der Waals surface area contributed by atoms with Crippen molar-refractivity contribution in [2.24, 2.45) is 0 Å². The van der Waals surface area contributed by atoms with Crippen LogP contribution in [-0.2, 0) is 14.3 Å². The molecule has 0 fully saturated rings. The highest BCUT2D eigenvalue weighted by molar-refractivity contribution is 5.76. The van der Waals surface area contributed by atoms with Crippen molar-refractivity contribution in [1.29, 1.82) is 0 Å². The number of allylic oxidation sites excluding steroid dienone is 5. The summed E-state index contributed by atoms with van der Waals surface area (Å²) in [7, 11) is 0. The Bertz CT molecular complexity index is 1460. The average molecular weight is 1270 g/mol. The Labute approximate surface area is 564 Å². The van der Waals surface area contributed by atoms with Crippen LogP contribution in [0.3, 0.4) is 0 Å². The van der Waals surface area contributed by atoms with Crippen molar-refractivity contribution in [1.82, 2.24) is 5.32 Å². The molecule has 0 aliphatic carbocycles. The minimum Gasteiger partial charge on any atom is -0.466 e. The molecule has 0 aromatic carbocycles. The molecular formula is C84H161NO5. The topological polar surface area (TPSA) is 95.9 Å². The second kappa shape index (κ2) is 79.5. The van der Waals surface area contributed by atoms with E-state index < -0.39 is 12.1 Å². The molecule has 0 aliphatic rings. The molecule has 6 nitrogen and oxygen atoms in total. The summed E-state index contributed by atoms with van der Waals surface area (Å²) in [6.45, 7) is 4.96. The number of aliphatic hydroxyl groups is 2. The first-order valence-corrected chi connectivity index (χ1v) is 41.3. The van der Waals surface area contributed by atoms with Gasteiger partial charge in [-0.25, -0.2) is 0 Å². The largest absolute Gasteiger partial charge is 0.466 e. The predicted octanol–water partition coefficient (Wildman–Crippen LogP) is 27.4. The Hall–Kier alpha value is -1.92. The second-order valence-electron chi connectivity index (χ2n) is 28.5. The van der Waals surface area contributed by atoms with Crippen LogP contribution in [0.2, 0.25) is 0 Å². The maximum Gasteiger partial charge on any atom is 0.305 e. The number of aliphatic hydroxyl groups excluding tert-OH is 2. The lowest BCUT2D eigenvalue weighted by Crippen LogP contribution is -2.45. The fourth-order valence-electron chi connectivity index (χ4n) is 13.1. The van der Waals surface area contributed by atoms with Crippen LogP contribution in [0.5, 0.6) is 0 Å². The Kier molecular flexibility index (Phi) is 77.8. The number of carbonyl (C=O) groups is 2. The van der Waals surface area contributed by atoms with Crippen LogP contribution in [-0.4, -0.2) is 47.4 Å². The number of hydrogen-bond donors (Lipinski definition) is 3. The quantitative estimate of drug-likeness (QED) is 0.0320. The van der Waals surface area contributed by atoms with E-state index in [1.165, 1.54) is 392 Å². The number of ether oxygens (including phenoxy) is 1. The van der Waals surface area contributed by atoms with Gasteiger partial charge in [0, 0.05) is 12.8 Å². The first-order valence-electron chi connectivity index (χ1n) is 41.3. The molecule has 0 heterocycles. The lowest BCUT2D eigenvalue weighted by atomic mass is 10.0. The first kappa shape index (κ1) is 88.1. The summed E-state index contributed by atoms with van der Waals surface area (Å²) in [6, 6.07) is -0.629. The van der Waals surface area contributed by atoms with Crippen molar-refractivity contribution in [3.63, 3.8) is 0 Å². The Balaban J connectivity index is 3.40. The van der Waals surface area contributed by atoms with Gasteiger partial charge < -0.3 is 20.3 Å². The monoisotopic (exact) mass is 1260 g/mol. The fraction of sp³-hybridized carbons (Fsp3) is 0.905. The van der Waals surface area contributed by atoms with Gasteiger partial charge in [0.25, 0.3) is 0 Å². The second-order valence-corrected chi connectivity index (χ2v) is 28.5. The van der Waals surface area contributed by atoms with Crippen LogP contribution in [0.1, 0.15) is 463 Å². The molecule has 0 rings (SSSR count). The number of rotatable bonds is 78. The van der Waals surface area contributed by atoms with E-state index in [0.717, 1.165) is 44.9 Å².